The zero-order valence-corrected chi connectivity index (χ0v) is 6.89. The summed E-state index contributed by atoms with van der Waals surface area (Å²) in [7, 11) is 0. The molecule has 0 saturated heterocycles. The topological polar surface area (TPSA) is 37.8 Å². The van der Waals surface area contributed by atoms with Gasteiger partial charge >= 0.3 is 6.18 Å². The van der Waals surface area contributed by atoms with Crippen LogP contribution >= 0.6 is 0 Å². The lowest BCUT2D eigenvalue weighted by molar-refractivity contribution is -0.141. The molecule has 6 heteroatoms. The van der Waals surface area contributed by atoms with Crippen molar-refractivity contribution < 1.29 is 13.2 Å². The van der Waals surface area contributed by atoms with Crippen LogP contribution in [0.1, 0.15) is 12.6 Å². The second-order valence-corrected chi connectivity index (χ2v) is 2.32. The fraction of sp³-hybridized carbons (Fsp3) is 0.429. The molecule has 1 aromatic rings. The van der Waals surface area contributed by atoms with E-state index in [0.717, 1.165) is 12.4 Å². The molecule has 1 heterocycles. The number of aromatic nitrogens is 2. The molecule has 0 aliphatic rings. The van der Waals surface area contributed by atoms with Crippen LogP contribution in [0.2, 0.25) is 0 Å². The lowest BCUT2D eigenvalue weighted by Gasteiger charge is -2.06. The molecule has 0 aliphatic carbocycles. The molecule has 72 valence electrons. The van der Waals surface area contributed by atoms with Gasteiger partial charge in [-0.3, -0.25) is 0 Å². The van der Waals surface area contributed by atoms with Crippen LogP contribution in [0, 0.1) is 0 Å². The van der Waals surface area contributed by atoms with Gasteiger partial charge in [-0.25, -0.2) is 9.97 Å². The highest BCUT2D eigenvalue weighted by atomic mass is 19.4. The predicted octanol–water partition coefficient (Wildman–Crippen LogP) is 1.93. The van der Waals surface area contributed by atoms with Crippen molar-refractivity contribution in [2.45, 2.75) is 13.1 Å². The third kappa shape index (κ3) is 2.57. The number of hydrogen-bond donors (Lipinski definition) is 1. The second kappa shape index (κ2) is 3.59. The first-order chi connectivity index (χ1) is 6.04. The average molecular weight is 191 g/mol. The maximum atomic E-state index is 12.1. The zero-order valence-electron chi connectivity index (χ0n) is 6.89. The molecule has 0 spiro atoms. The Balaban J connectivity index is 2.92. The molecule has 13 heavy (non-hydrogen) atoms. The van der Waals surface area contributed by atoms with Crippen molar-refractivity contribution in [2.75, 3.05) is 11.9 Å². The summed E-state index contributed by atoms with van der Waals surface area (Å²) < 4.78 is 36.3. The van der Waals surface area contributed by atoms with Crippen LogP contribution in [0.15, 0.2) is 12.4 Å². The van der Waals surface area contributed by atoms with Gasteiger partial charge in [0.2, 0.25) is 0 Å². The second-order valence-electron chi connectivity index (χ2n) is 2.32. The molecular formula is C7H8F3N3. The van der Waals surface area contributed by atoms with Crippen LogP contribution in [0.25, 0.3) is 0 Å². The predicted molar refractivity (Wildman–Crippen MR) is 41.2 cm³/mol. The third-order valence-corrected chi connectivity index (χ3v) is 1.32. The van der Waals surface area contributed by atoms with E-state index in [1.54, 1.807) is 6.92 Å². The lowest BCUT2D eigenvalue weighted by atomic mass is 10.4. The van der Waals surface area contributed by atoms with Gasteiger partial charge in [0, 0.05) is 12.6 Å². The summed E-state index contributed by atoms with van der Waals surface area (Å²) in [5.41, 5.74) is -0.932. The Morgan fingerprint density at radius 1 is 1.38 bits per heavy atom. The Morgan fingerprint density at radius 2 is 2.08 bits per heavy atom. The van der Waals surface area contributed by atoms with E-state index < -0.39 is 11.9 Å². The fourth-order valence-electron chi connectivity index (χ4n) is 0.790. The minimum atomic E-state index is -4.41. The van der Waals surface area contributed by atoms with Gasteiger partial charge in [0.15, 0.2) is 0 Å². The van der Waals surface area contributed by atoms with Crippen molar-refractivity contribution in [3.8, 4) is 0 Å². The number of rotatable bonds is 2. The molecule has 1 rings (SSSR count). The Bertz CT molecular complexity index is 285. The molecule has 0 radical (unpaired) electrons. The molecule has 0 atom stereocenters. The first kappa shape index (κ1) is 9.76. The van der Waals surface area contributed by atoms with Gasteiger partial charge in [0.05, 0.1) is 0 Å². The Morgan fingerprint density at radius 3 is 2.62 bits per heavy atom. The van der Waals surface area contributed by atoms with E-state index in [4.69, 9.17) is 0 Å². The van der Waals surface area contributed by atoms with E-state index in [-0.39, 0.29) is 5.82 Å². The molecule has 1 N–H and O–H groups in total. The molecule has 0 fully saturated rings. The molecule has 0 aromatic carbocycles. The Kier molecular flexibility index (Phi) is 2.69. The SMILES string of the molecule is CCNc1cc(C(F)(F)F)ncn1. The summed E-state index contributed by atoms with van der Waals surface area (Å²) >= 11 is 0. The van der Waals surface area contributed by atoms with Crippen LogP contribution < -0.4 is 5.32 Å². The van der Waals surface area contributed by atoms with E-state index in [1.807, 2.05) is 0 Å². The number of hydrogen-bond acceptors (Lipinski definition) is 3. The van der Waals surface area contributed by atoms with E-state index in [2.05, 4.69) is 15.3 Å². The number of nitrogens with zero attached hydrogens (tertiary/aromatic N) is 2. The summed E-state index contributed by atoms with van der Waals surface area (Å²) in [6.07, 6.45) is -3.52. The van der Waals surface area contributed by atoms with Crippen LogP contribution in [0.3, 0.4) is 0 Å². The van der Waals surface area contributed by atoms with Gasteiger partial charge in [-0.2, -0.15) is 13.2 Å². The minimum absolute atomic E-state index is 0.185. The van der Waals surface area contributed by atoms with Crippen molar-refractivity contribution in [3.63, 3.8) is 0 Å². The van der Waals surface area contributed by atoms with Crippen LogP contribution in [0.4, 0.5) is 19.0 Å². The third-order valence-electron chi connectivity index (χ3n) is 1.32. The number of alkyl halides is 3. The largest absolute Gasteiger partial charge is 0.433 e. The van der Waals surface area contributed by atoms with Gasteiger partial charge in [-0.15, -0.1) is 0 Å². The van der Waals surface area contributed by atoms with E-state index in [1.165, 1.54) is 0 Å². The summed E-state index contributed by atoms with van der Waals surface area (Å²) in [6.45, 7) is 2.30. The smallest absolute Gasteiger partial charge is 0.370 e. The van der Waals surface area contributed by atoms with Gasteiger partial charge in [0.1, 0.15) is 17.8 Å². The molecule has 3 nitrogen and oxygen atoms in total. The monoisotopic (exact) mass is 191 g/mol. The quantitative estimate of drug-likeness (QED) is 0.776. The number of anilines is 1. The normalized spacial score (nSPS) is 11.4. The molecule has 0 saturated carbocycles. The van der Waals surface area contributed by atoms with Crippen LogP contribution in [0.5, 0.6) is 0 Å². The van der Waals surface area contributed by atoms with Crippen molar-refractivity contribution in [1.29, 1.82) is 0 Å². The molecule has 1 aromatic heterocycles. The molecule has 0 unspecified atom stereocenters. The van der Waals surface area contributed by atoms with Crippen molar-refractivity contribution in [3.05, 3.63) is 18.1 Å². The summed E-state index contributed by atoms with van der Waals surface area (Å²) in [5.74, 6) is 0.185. The standard InChI is InChI=1S/C7H8F3N3/c1-2-11-6-3-5(7(8,9)10)12-4-13-6/h3-4H,2H2,1H3,(H,11,12,13). The Hall–Kier alpha value is -1.33. The lowest BCUT2D eigenvalue weighted by Crippen LogP contribution is -2.10. The van der Waals surface area contributed by atoms with Gasteiger partial charge in [-0.1, -0.05) is 0 Å². The molecule has 0 amide bonds. The highest BCUT2D eigenvalue weighted by Gasteiger charge is 2.32. The zero-order chi connectivity index (χ0) is 9.90. The molecule has 0 aliphatic heterocycles. The maximum absolute atomic E-state index is 12.1. The van der Waals surface area contributed by atoms with Gasteiger partial charge in [-0.05, 0) is 6.92 Å². The average Bonchev–Trinajstić information content (AvgIpc) is 2.04. The summed E-state index contributed by atoms with van der Waals surface area (Å²) in [5, 5.41) is 2.67. The van der Waals surface area contributed by atoms with Crippen LogP contribution in [-0.4, -0.2) is 16.5 Å². The van der Waals surface area contributed by atoms with Crippen LogP contribution in [-0.2, 0) is 6.18 Å². The van der Waals surface area contributed by atoms with Crippen molar-refractivity contribution in [2.24, 2.45) is 0 Å². The first-order valence-corrected chi connectivity index (χ1v) is 3.67. The minimum Gasteiger partial charge on any atom is -0.370 e. The Labute approximate surface area is 73.0 Å². The summed E-state index contributed by atoms with van der Waals surface area (Å²) in [4.78, 5) is 6.74. The molecule has 0 bridgehead atoms. The van der Waals surface area contributed by atoms with E-state index >= 15 is 0 Å². The first-order valence-electron chi connectivity index (χ1n) is 3.67. The molecular weight excluding hydrogens is 183 g/mol. The van der Waals surface area contributed by atoms with Crippen molar-refractivity contribution >= 4 is 5.82 Å². The van der Waals surface area contributed by atoms with Gasteiger partial charge in [0.25, 0.3) is 0 Å². The summed E-state index contributed by atoms with van der Waals surface area (Å²) in [6, 6.07) is 0.878. The maximum Gasteiger partial charge on any atom is 0.433 e. The fourth-order valence-corrected chi connectivity index (χ4v) is 0.790. The van der Waals surface area contributed by atoms with Gasteiger partial charge < -0.3 is 5.32 Å². The number of halogens is 3. The van der Waals surface area contributed by atoms with E-state index in [9.17, 15) is 13.2 Å². The highest BCUT2D eigenvalue weighted by Crippen LogP contribution is 2.27. The number of nitrogens with one attached hydrogen (secondary N) is 1. The van der Waals surface area contributed by atoms with E-state index in [0.29, 0.717) is 6.54 Å². The highest BCUT2D eigenvalue weighted by molar-refractivity contribution is 5.35. The van der Waals surface area contributed by atoms with Crippen molar-refractivity contribution in [1.82, 2.24) is 9.97 Å².